The summed E-state index contributed by atoms with van der Waals surface area (Å²) < 4.78 is 16.8. The highest BCUT2D eigenvalue weighted by Gasteiger charge is 2.19. The molecule has 1 unspecified atom stereocenters. The molecule has 0 radical (unpaired) electrons. The van der Waals surface area contributed by atoms with Crippen molar-refractivity contribution in [1.82, 2.24) is 0 Å². The quantitative estimate of drug-likeness (QED) is 0.0261. The number of unbranched alkanes of at least 4 members (excludes halogenated alkanes) is 16. The largest absolute Gasteiger partial charge is 0.462 e. The minimum absolute atomic E-state index is 0.124. The Morgan fingerprint density at radius 3 is 0.848 bits per heavy atom. The van der Waals surface area contributed by atoms with Crippen LogP contribution < -0.4 is 0 Å². The monoisotopic (exact) mass is 1090 g/mol. The molecule has 0 rings (SSSR count). The highest BCUT2D eigenvalue weighted by molar-refractivity contribution is 5.71. The van der Waals surface area contributed by atoms with Crippen molar-refractivity contribution >= 4 is 17.9 Å². The maximum Gasteiger partial charge on any atom is 0.306 e. The van der Waals surface area contributed by atoms with Crippen LogP contribution in [0.5, 0.6) is 0 Å². The van der Waals surface area contributed by atoms with Crippen LogP contribution in [0, 0.1) is 0 Å². The summed E-state index contributed by atoms with van der Waals surface area (Å²) in [6.45, 7) is 6.30. The number of hydrogen-bond donors (Lipinski definition) is 0. The fourth-order valence-electron chi connectivity index (χ4n) is 8.03. The molecule has 0 aromatic carbocycles. The van der Waals surface area contributed by atoms with E-state index < -0.39 is 6.10 Å². The van der Waals surface area contributed by atoms with Crippen molar-refractivity contribution in [2.24, 2.45) is 0 Å². The first-order chi connectivity index (χ1) is 39.0. The van der Waals surface area contributed by atoms with Gasteiger partial charge in [-0.3, -0.25) is 14.4 Å². The van der Waals surface area contributed by atoms with E-state index in [1.807, 2.05) is 12.2 Å². The fraction of sp³-hybridized carbons (Fsp3) is 0.575. The molecule has 1 atom stereocenters. The standard InChI is InChI=1S/C73H114O6/c1-4-7-10-13-16-19-22-25-27-29-31-33-34-35-36-37-38-40-41-43-45-48-51-54-57-60-63-66-72(75)78-69-70(68-77-71(74)65-62-59-56-53-50-47-24-21-18-15-12-9-6-3)79-73(76)67-64-61-58-55-52-49-46-44-42-39-32-30-28-26-23-20-17-14-11-8-5-2/h7,9-10,12,16,18-19,21,23,25-27,30-33,35-36,38,40,42-45,47,50,56,59,70H,4-6,8,11,13-15,17,20,22,24,28-29,34,37,39,41,46,48-49,51-55,57-58,60-69H2,1-3H3/b10-7-,12-9-,19-16-,21-18-,26-23-,27-25-,32-30-,33-31-,36-35-,40-38-,44-42-,45-43-,50-47-,59-56-. The molecule has 0 saturated heterocycles. The van der Waals surface area contributed by atoms with Crippen molar-refractivity contribution in [2.75, 3.05) is 13.2 Å². The Morgan fingerprint density at radius 1 is 0.266 bits per heavy atom. The molecule has 0 spiro atoms. The molecule has 0 bridgehead atoms. The van der Waals surface area contributed by atoms with Crippen LogP contribution in [0.1, 0.15) is 252 Å². The van der Waals surface area contributed by atoms with Gasteiger partial charge in [0, 0.05) is 19.3 Å². The van der Waals surface area contributed by atoms with E-state index in [-0.39, 0.29) is 44.0 Å². The van der Waals surface area contributed by atoms with E-state index >= 15 is 0 Å². The van der Waals surface area contributed by atoms with Gasteiger partial charge in [-0.05, 0) is 141 Å². The molecule has 0 saturated carbocycles. The summed E-state index contributed by atoms with van der Waals surface area (Å²) in [6.07, 6.45) is 96.5. The van der Waals surface area contributed by atoms with Crippen molar-refractivity contribution in [3.8, 4) is 0 Å². The van der Waals surface area contributed by atoms with Gasteiger partial charge in [-0.25, -0.2) is 0 Å². The number of esters is 3. The van der Waals surface area contributed by atoms with Crippen LogP contribution in [0.3, 0.4) is 0 Å². The van der Waals surface area contributed by atoms with Gasteiger partial charge in [0.1, 0.15) is 13.2 Å². The lowest BCUT2D eigenvalue weighted by molar-refractivity contribution is -0.166. The molecule has 0 aliphatic heterocycles. The molecule has 6 nitrogen and oxygen atoms in total. The lowest BCUT2D eigenvalue weighted by Crippen LogP contribution is -2.30. The Hall–Kier alpha value is -5.23. The van der Waals surface area contributed by atoms with Crippen LogP contribution in [0.25, 0.3) is 0 Å². The number of carbonyl (C=O) groups excluding carboxylic acids is 3. The second-order valence-electron chi connectivity index (χ2n) is 20.2. The molecule has 0 aromatic rings. The molecule has 0 fully saturated rings. The average Bonchev–Trinajstić information content (AvgIpc) is 3.45. The van der Waals surface area contributed by atoms with Crippen molar-refractivity contribution in [1.29, 1.82) is 0 Å². The molecule has 0 aliphatic rings. The summed E-state index contributed by atoms with van der Waals surface area (Å²) in [7, 11) is 0. The Labute approximate surface area is 485 Å². The summed E-state index contributed by atoms with van der Waals surface area (Å²) in [5.74, 6) is -1.05. The number of ether oxygens (including phenoxy) is 3. The molecule has 0 aliphatic carbocycles. The Bertz CT molecular complexity index is 1820. The molecule has 0 aromatic heterocycles. The van der Waals surface area contributed by atoms with Gasteiger partial charge in [0.25, 0.3) is 0 Å². The predicted octanol–water partition coefficient (Wildman–Crippen LogP) is 21.9. The van der Waals surface area contributed by atoms with Gasteiger partial charge >= 0.3 is 17.9 Å². The van der Waals surface area contributed by atoms with Crippen LogP contribution in [0.15, 0.2) is 170 Å². The van der Waals surface area contributed by atoms with E-state index in [4.69, 9.17) is 14.2 Å². The van der Waals surface area contributed by atoms with Crippen LogP contribution in [0.2, 0.25) is 0 Å². The van der Waals surface area contributed by atoms with E-state index in [9.17, 15) is 14.4 Å². The van der Waals surface area contributed by atoms with Crippen molar-refractivity contribution in [3.63, 3.8) is 0 Å². The second-order valence-corrected chi connectivity index (χ2v) is 20.2. The van der Waals surface area contributed by atoms with Crippen molar-refractivity contribution in [2.45, 2.75) is 258 Å². The molecule has 0 amide bonds. The molecule has 442 valence electrons. The van der Waals surface area contributed by atoms with Crippen molar-refractivity contribution < 1.29 is 28.6 Å². The second kappa shape index (κ2) is 65.3. The van der Waals surface area contributed by atoms with E-state index in [2.05, 4.69) is 179 Å². The fourth-order valence-corrected chi connectivity index (χ4v) is 8.03. The zero-order chi connectivity index (χ0) is 57.1. The zero-order valence-electron chi connectivity index (χ0n) is 50.6. The first-order valence-electron chi connectivity index (χ1n) is 31.6. The third-order valence-electron chi connectivity index (χ3n) is 12.7. The highest BCUT2D eigenvalue weighted by atomic mass is 16.6. The van der Waals surface area contributed by atoms with Gasteiger partial charge in [-0.15, -0.1) is 0 Å². The number of allylic oxidation sites excluding steroid dienone is 28. The topological polar surface area (TPSA) is 78.9 Å². The van der Waals surface area contributed by atoms with E-state index in [1.165, 1.54) is 51.4 Å². The highest BCUT2D eigenvalue weighted by Crippen LogP contribution is 2.13. The summed E-state index contributed by atoms with van der Waals surface area (Å²) in [5.41, 5.74) is 0. The molecular formula is C73H114O6. The number of carbonyl (C=O) groups is 3. The maximum absolute atomic E-state index is 12.9. The van der Waals surface area contributed by atoms with Gasteiger partial charge < -0.3 is 14.2 Å². The van der Waals surface area contributed by atoms with E-state index in [0.717, 1.165) is 154 Å². The van der Waals surface area contributed by atoms with Gasteiger partial charge in [0.05, 0.1) is 0 Å². The Morgan fingerprint density at radius 2 is 0.519 bits per heavy atom. The van der Waals surface area contributed by atoms with Crippen LogP contribution in [-0.2, 0) is 28.6 Å². The van der Waals surface area contributed by atoms with E-state index in [1.54, 1.807) is 0 Å². The molecule has 79 heavy (non-hydrogen) atoms. The normalized spacial score (nSPS) is 13.3. The Balaban J connectivity index is 4.48. The summed E-state index contributed by atoms with van der Waals surface area (Å²) in [4.78, 5) is 38.2. The lowest BCUT2D eigenvalue weighted by Gasteiger charge is -2.18. The average molecular weight is 1090 g/mol. The SMILES string of the molecule is CC/C=C\C/C=C\C/C=C\C/C=C\C/C=C\C/C=C\C/C=C\CCCCCCCC(=O)OCC(COC(=O)CC/C=C\C/C=C\C/C=C\C/C=C\CC)OC(=O)CCCCCCCC/C=C\C/C=C\C/C=C\CCCCCCC. The minimum Gasteiger partial charge on any atom is -0.462 e. The molecule has 6 heteroatoms. The number of rotatable bonds is 55. The van der Waals surface area contributed by atoms with Gasteiger partial charge in [-0.2, -0.15) is 0 Å². The maximum atomic E-state index is 12.9. The predicted molar refractivity (Wildman–Crippen MR) is 343 cm³/mol. The third-order valence-corrected chi connectivity index (χ3v) is 12.7. The number of hydrogen-bond acceptors (Lipinski definition) is 6. The summed E-state index contributed by atoms with van der Waals surface area (Å²) in [5, 5.41) is 0. The first-order valence-corrected chi connectivity index (χ1v) is 31.6. The van der Waals surface area contributed by atoms with Crippen LogP contribution in [-0.4, -0.2) is 37.2 Å². The van der Waals surface area contributed by atoms with Gasteiger partial charge in [0.2, 0.25) is 0 Å². The van der Waals surface area contributed by atoms with Crippen LogP contribution >= 0.6 is 0 Å². The summed E-state index contributed by atoms with van der Waals surface area (Å²) >= 11 is 0. The first kappa shape index (κ1) is 73.8. The Kier molecular flexibility index (Phi) is 61.0. The smallest absolute Gasteiger partial charge is 0.306 e. The molecular weight excluding hydrogens is 973 g/mol. The third kappa shape index (κ3) is 63.5. The molecule has 0 heterocycles. The lowest BCUT2D eigenvalue weighted by atomic mass is 10.1. The van der Waals surface area contributed by atoms with Gasteiger partial charge in [-0.1, -0.05) is 262 Å². The molecule has 0 N–H and O–H groups in total. The van der Waals surface area contributed by atoms with Gasteiger partial charge in [0.15, 0.2) is 6.10 Å². The minimum atomic E-state index is -0.833. The summed E-state index contributed by atoms with van der Waals surface area (Å²) in [6, 6.07) is 0. The van der Waals surface area contributed by atoms with Crippen LogP contribution in [0.4, 0.5) is 0 Å². The van der Waals surface area contributed by atoms with E-state index in [0.29, 0.717) is 12.8 Å². The zero-order valence-corrected chi connectivity index (χ0v) is 50.6. The van der Waals surface area contributed by atoms with Crippen molar-refractivity contribution in [3.05, 3.63) is 170 Å².